The molecule has 1 aromatic carbocycles. The maximum atomic E-state index is 12.3. The van der Waals surface area contributed by atoms with Gasteiger partial charge in [0.25, 0.3) is 0 Å². The van der Waals surface area contributed by atoms with Crippen LogP contribution in [0.4, 0.5) is 0 Å². The van der Waals surface area contributed by atoms with Crippen LogP contribution in [0.15, 0.2) is 29.2 Å². The second-order valence-electron chi connectivity index (χ2n) is 6.06. The lowest BCUT2D eigenvalue weighted by molar-refractivity contribution is 0.290. The Balaban J connectivity index is 1.91. The predicted octanol–water partition coefficient (Wildman–Crippen LogP) is 3.57. The number of hydrogen-bond acceptors (Lipinski definition) is 2. The van der Waals surface area contributed by atoms with Gasteiger partial charge in [0.2, 0.25) is 10.0 Å². The molecule has 21 heavy (non-hydrogen) atoms. The lowest BCUT2D eigenvalue weighted by Crippen LogP contribution is -2.31. The van der Waals surface area contributed by atoms with Crippen molar-refractivity contribution in [1.29, 1.82) is 0 Å². The first kappa shape index (κ1) is 16.8. The molecule has 0 spiro atoms. The summed E-state index contributed by atoms with van der Waals surface area (Å²) in [7, 11) is -3.39. The highest BCUT2D eigenvalue weighted by Crippen LogP contribution is 2.28. The van der Waals surface area contributed by atoms with Crippen LogP contribution in [0.25, 0.3) is 0 Å². The molecule has 0 heterocycles. The number of alkyl halides is 1. The van der Waals surface area contributed by atoms with E-state index in [1.165, 1.54) is 12.8 Å². The van der Waals surface area contributed by atoms with E-state index in [4.69, 9.17) is 11.6 Å². The van der Waals surface area contributed by atoms with Crippen molar-refractivity contribution >= 4 is 21.6 Å². The number of sulfonamides is 1. The summed E-state index contributed by atoms with van der Waals surface area (Å²) in [6.07, 6.45) is 5.42. The second-order valence-corrected chi connectivity index (χ2v) is 8.21. The number of rotatable bonds is 6. The molecule has 1 saturated carbocycles. The van der Waals surface area contributed by atoms with Gasteiger partial charge in [0.05, 0.1) is 4.90 Å². The van der Waals surface area contributed by atoms with Crippen LogP contribution in [0.5, 0.6) is 0 Å². The van der Waals surface area contributed by atoms with Gasteiger partial charge < -0.3 is 0 Å². The average molecular weight is 330 g/mol. The minimum Gasteiger partial charge on any atom is -0.211 e. The van der Waals surface area contributed by atoms with Crippen LogP contribution >= 0.6 is 11.6 Å². The Morgan fingerprint density at radius 2 is 1.76 bits per heavy atom. The molecule has 0 saturated heterocycles. The fourth-order valence-corrected chi connectivity index (χ4v) is 4.12. The number of nitrogens with one attached hydrogen (secondary N) is 1. The molecule has 2 rings (SSSR count). The Bertz CT molecular complexity index is 534. The number of hydrogen-bond donors (Lipinski definition) is 1. The molecule has 1 N–H and O–H groups in total. The Labute approximate surface area is 133 Å². The summed E-state index contributed by atoms with van der Waals surface area (Å²) in [6.45, 7) is 2.82. The average Bonchev–Trinajstić information content (AvgIpc) is 2.48. The van der Waals surface area contributed by atoms with E-state index in [9.17, 15) is 8.42 Å². The molecule has 5 heteroatoms. The number of halogens is 1. The fraction of sp³-hybridized carbons (Fsp3) is 0.625. The van der Waals surface area contributed by atoms with Crippen LogP contribution in [-0.4, -0.2) is 20.8 Å². The molecule has 0 radical (unpaired) electrons. The van der Waals surface area contributed by atoms with Crippen molar-refractivity contribution in [3.05, 3.63) is 29.8 Å². The fourth-order valence-electron chi connectivity index (χ4n) is 2.79. The summed E-state index contributed by atoms with van der Waals surface area (Å²) in [5.74, 6) is 1.81. The van der Waals surface area contributed by atoms with Crippen LogP contribution in [0, 0.1) is 11.8 Å². The summed E-state index contributed by atoms with van der Waals surface area (Å²) in [5, 5.41) is 0. The van der Waals surface area contributed by atoms with Gasteiger partial charge in [-0.15, -0.1) is 11.6 Å². The molecular weight excluding hydrogens is 306 g/mol. The van der Waals surface area contributed by atoms with Crippen molar-refractivity contribution in [3.8, 4) is 0 Å². The van der Waals surface area contributed by atoms with Crippen molar-refractivity contribution in [2.24, 2.45) is 11.8 Å². The highest BCUT2D eigenvalue weighted by Gasteiger charge is 2.21. The van der Waals surface area contributed by atoms with E-state index in [0.717, 1.165) is 30.7 Å². The molecule has 118 valence electrons. The molecule has 0 bridgehead atoms. The first-order chi connectivity index (χ1) is 10.0. The largest absolute Gasteiger partial charge is 0.240 e. The van der Waals surface area contributed by atoms with Gasteiger partial charge in [-0.05, 0) is 48.8 Å². The molecule has 1 fully saturated rings. The van der Waals surface area contributed by atoms with E-state index in [1.807, 2.05) is 12.1 Å². The molecule has 1 aliphatic carbocycles. The Morgan fingerprint density at radius 3 is 2.33 bits per heavy atom. The van der Waals surface area contributed by atoms with E-state index in [-0.39, 0.29) is 0 Å². The third-order valence-corrected chi connectivity index (χ3v) is 5.94. The van der Waals surface area contributed by atoms with Gasteiger partial charge in [-0.2, -0.15) is 0 Å². The summed E-state index contributed by atoms with van der Waals surface area (Å²) >= 11 is 5.68. The maximum absolute atomic E-state index is 12.3. The van der Waals surface area contributed by atoms with Crippen molar-refractivity contribution in [2.45, 2.75) is 43.9 Å². The highest BCUT2D eigenvalue weighted by molar-refractivity contribution is 7.89. The van der Waals surface area contributed by atoms with Gasteiger partial charge in [-0.3, -0.25) is 0 Å². The van der Waals surface area contributed by atoms with Gasteiger partial charge in [0.1, 0.15) is 0 Å². The van der Waals surface area contributed by atoms with Crippen LogP contribution in [0.3, 0.4) is 0 Å². The maximum Gasteiger partial charge on any atom is 0.240 e. The van der Waals surface area contributed by atoms with Gasteiger partial charge in [-0.1, -0.05) is 31.9 Å². The number of aryl methyl sites for hydroxylation is 1. The second kappa shape index (κ2) is 7.61. The number of benzene rings is 1. The highest BCUT2D eigenvalue weighted by atomic mass is 35.5. The molecule has 0 aromatic heterocycles. The first-order valence-electron chi connectivity index (χ1n) is 7.66. The van der Waals surface area contributed by atoms with E-state index >= 15 is 0 Å². The first-order valence-corrected chi connectivity index (χ1v) is 9.67. The summed E-state index contributed by atoms with van der Waals surface area (Å²) < 4.78 is 27.3. The van der Waals surface area contributed by atoms with Gasteiger partial charge in [0, 0.05) is 12.4 Å². The van der Waals surface area contributed by atoms with Crippen LogP contribution in [0.1, 0.15) is 38.2 Å². The molecule has 1 aliphatic rings. The predicted molar refractivity (Wildman–Crippen MR) is 87.2 cm³/mol. The molecule has 1 aromatic rings. The zero-order valence-electron chi connectivity index (χ0n) is 12.5. The van der Waals surface area contributed by atoms with Gasteiger partial charge in [0.15, 0.2) is 0 Å². The van der Waals surface area contributed by atoms with Crippen molar-refractivity contribution in [1.82, 2.24) is 4.72 Å². The summed E-state index contributed by atoms with van der Waals surface area (Å²) in [6, 6.07) is 6.98. The van der Waals surface area contributed by atoms with Crippen molar-refractivity contribution in [2.75, 3.05) is 12.4 Å². The van der Waals surface area contributed by atoms with E-state index in [2.05, 4.69) is 11.6 Å². The lowest BCUT2D eigenvalue weighted by atomic mass is 9.83. The third-order valence-electron chi connectivity index (χ3n) is 4.31. The molecule has 3 nitrogen and oxygen atoms in total. The zero-order chi connectivity index (χ0) is 15.3. The third kappa shape index (κ3) is 4.97. The molecule has 0 unspecified atom stereocenters. The summed E-state index contributed by atoms with van der Waals surface area (Å²) in [5.41, 5.74) is 1.06. The Kier molecular flexibility index (Phi) is 6.08. The van der Waals surface area contributed by atoms with Gasteiger partial charge in [-0.25, -0.2) is 13.1 Å². The normalized spacial score (nSPS) is 23.1. The standard InChI is InChI=1S/C16H24ClNO2S/c1-13-2-4-15(5-3-13)12-18-21(19,20)16-8-6-14(7-9-16)10-11-17/h6-9,13,15,18H,2-5,10-12H2,1H3. The van der Waals surface area contributed by atoms with E-state index in [0.29, 0.717) is 23.2 Å². The molecular formula is C16H24ClNO2S. The molecule has 0 aliphatic heterocycles. The van der Waals surface area contributed by atoms with E-state index < -0.39 is 10.0 Å². The topological polar surface area (TPSA) is 46.2 Å². The molecule has 0 atom stereocenters. The van der Waals surface area contributed by atoms with Crippen molar-refractivity contribution in [3.63, 3.8) is 0 Å². The Hall–Kier alpha value is -0.580. The monoisotopic (exact) mass is 329 g/mol. The summed E-state index contributed by atoms with van der Waals surface area (Å²) in [4.78, 5) is 0.338. The SMILES string of the molecule is CC1CCC(CNS(=O)(=O)c2ccc(CCCl)cc2)CC1. The van der Waals surface area contributed by atoms with Crippen LogP contribution in [0.2, 0.25) is 0 Å². The smallest absolute Gasteiger partial charge is 0.211 e. The lowest BCUT2D eigenvalue weighted by Gasteiger charge is -2.26. The minimum atomic E-state index is -3.39. The quantitative estimate of drug-likeness (QED) is 0.811. The Morgan fingerprint density at radius 1 is 1.14 bits per heavy atom. The minimum absolute atomic E-state index is 0.338. The van der Waals surface area contributed by atoms with Crippen molar-refractivity contribution < 1.29 is 8.42 Å². The van der Waals surface area contributed by atoms with Crippen LogP contribution in [-0.2, 0) is 16.4 Å². The van der Waals surface area contributed by atoms with Gasteiger partial charge >= 0.3 is 0 Å². The molecule has 0 amide bonds. The zero-order valence-corrected chi connectivity index (χ0v) is 14.1. The van der Waals surface area contributed by atoms with E-state index in [1.54, 1.807) is 12.1 Å². The van der Waals surface area contributed by atoms with Crippen LogP contribution < -0.4 is 4.72 Å².